The smallest absolute Gasteiger partial charge is 0.270 e. The first-order valence-corrected chi connectivity index (χ1v) is 9.18. The number of amides is 2. The van der Waals surface area contributed by atoms with Crippen molar-refractivity contribution in [1.82, 2.24) is 5.32 Å². The number of furan rings is 1. The first kappa shape index (κ1) is 18.8. The summed E-state index contributed by atoms with van der Waals surface area (Å²) in [5.74, 6) is -0.820. The third-order valence-electron chi connectivity index (χ3n) is 4.48. The second-order valence-corrected chi connectivity index (χ2v) is 6.84. The van der Waals surface area contributed by atoms with Crippen LogP contribution in [0.25, 0.3) is 17.4 Å². The van der Waals surface area contributed by atoms with Crippen LogP contribution >= 0.6 is 12.2 Å². The lowest BCUT2D eigenvalue weighted by Gasteiger charge is -2.29. The van der Waals surface area contributed by atoms with Crippen LogP contribution in [0.1, 0.15) is 11.3 Å². The lowest BCUT2D eigenvalue weighted by Crippen LogP contribution is -2.54. The zero-order chi connectivity index (χ0) is 20.5. The number of halogens is 1. The highest BCUT2D eigenvalue weighted by molar-refractivity contribution is 7.80. The molecule has 5 nitrogen and oxygen atoms in total. The van der Waals surface area contributed by atoms with Gasteiger partial charge in [0.05, 0.1) is 5.69 Å². The van der Waals surface area contributed by atoms with E-state index in [0.717, 1.165) is 5.56 Å². The maximum atomic E-state index is 13.4. The number of nitrogens with one attached hydrogen (secondary N) is 1. The minimum Gasteiger partial charge on any atom is -0.457 e. The molecule has 0 bridgehead atoms. The Morgan fingerprint density at radius 1 is 1.07 bits per heavy atom. The minimum atomic E-state index is -0.603. The van der Waals surface area contributed by atoms with Gasteiger partial charge in [0.25, 0.3) is 11.8 Å². The van der Waals surface area contributed by atoms with Crippen molar-refractivity contribution in [3.8, 4) is 11.3 Å². The highest BCUT2D eigenvalue weighted by atomic mass is 32.1. The van der Waals surface area contributed by atoms with Gasteiger partial charge in [-0.25, -0.2) is 4.39 Å². The third-order valence-corrected chi connectivity index (χ3v) is 4.77. The van der Waals surface area contributed by atoms with Crippen molar-refractivity contribution in [2.45, 2.75) is 6.92 Å². The van der Waals surface area contributed by atoms with E-state index in [2.05, 4.69) is 5.32 Å². The van der Waals surface area contributed by atoms with Gasteiger partial charge in [0.1, 0.15) is 22.9 Å². The first-order chi connectivity index (χ1) is 13.9. The molecule has 0 aliphatic carbocycles. The van der Waals surface area contributed by atoms with Gasteiger partial charge in [-0.05, 0) is 61.1 Å². The Hall–Kier alpha value is -3.58. The molecule has 4 rings (SSSR count). The Labute approximate surface area is 171 Å². The molecule has 0 atom stereocenters. The number of benzene rings is 2. The predicted molar refractivity (Wildman–Crippen MR) is 111 cm³/mol. The number of nitrogens with zero attached hydrogens (tertiary/aromatic N) is 1. The van der Waals surface area contributed by atoms with Gasteiger partial charge in [0.2, 0.25) is 0 Å². The van der Waals surface area contributed by atoms with Crippen molar-refractivity contribution in [3.05, 3.63) is 83.4 Å². The topological polar surface area (TPSA) is 62.6 Å². The number of rotatable bonds is 3. The number of aryl methyl sites for hydroxylation is 1. The van der Waals surface area contributed by atoms with Crippen LogP contribution in [0.4, 0.5) is 10.1 Å². The number of anilines is 1. The summed E-state index contributed by atoms with van der Waals surface area (Å²) in [6.07, 6.45) is 1.35. The van der Waals surface area contributed by atoms with Crippen molar-refractivity contribution in [2.75, 3.05) is 4.90 Å². The van der Waals surface area contributed by atoms with Crippen molar-refractivity contribution in [1.29, 1.82) is 0 Å². The molecule has 0 radical (unpaired) electrons. The van der Waals surface area contributed by atoms with Crippen LogP contribution in [-0.4, -0.2) is 16.9 Å². The Morgan fingerprint density at radius 3 is 2.62 bits per heavy atom. The standard InChI is InChI=1S/C22H15FN2O3S/c1-13-5-2-3-8-18(13)25-21(27)17(20(26)24-22(25)29)12-16-9-10-19(28-16)14-6-4-7-15(23)11-14/h2-12H,1H3,(H,24,26,29)/b17-12+. The highest BCUT2D eigenvalue weighted by Gasteiger charge is 2.35. The summed E-state index contributed by atoms with van der Waals surface area (Å²) in [7, 11) is 0. The molecule has 1 fully saturated rings. The lowest BCUT2D eigenvalue weighted by atomic mass is 10.1. The SMILES string of the molecule is Cc1ccccc1N1C(=O)/C(=C/c2ccc(-c3cccc(F)c3)o2)C(=O)NC1=S. The number of thiocarbonyl (C=S) groups is 1. The molecular formula is C22H15FN2O3S. The van der Waals surface area contributed by atoms with Crippen LogP contribution in [0, 0.1) is 12.7 Å². The van der Waals surface area contributed by atoms with Crippen molar-refractivity contribution >= 4 is 40.9 Å². The average Bonchev–Trinajstić information content (AvgIpc) is 3.15. The fourth-order valence-corrected chi connectivity index (χ4v) is 3.33. The molecular weight excluding hydrogens is 391 g/mol. The van der Waals surface area contributed by atoms with Crippen LogP contribution < -0.4 is 10.2 Å². The van der Waals surface area contributed by atoms with E-state index < -0.39 is 11.8 Å². The summed E-state index contributed by atoms with van der Waals surface area (Å²) in [4.78, 5) is 26.7. The van der Waals surface area contributed by atoms with Gasteiger partial charge in [-0.15, -0.1) is 0 Å². The summed E-state index contributed by atoms with van der Waals surface area (Å²) in [6, 6.07) is 16.5. The lowest BCUT2D eigenvalue weighted by molar-refractivity contribution is -0.122. The van der Waals surface area contributed by atoms with E-state index in [1.165, 1.54) is 23.1 Å². The van der Waals surface area contributed by atoms with E-state index in [0.29, 0.717) is 22.8 Å². The summed E-state index contributed by atoms with van der Waals surface area (Å²) in [6.45, 7) is 1.85. The molecule has 7 heteroatoms. The van der Waals surface area contributed by atoms with Gasteiger partial charge in [0.15, 0.2) is 5.11 Å². The molecule has 1 aliphatic rings. The van der Waals surface area contributed by atoms with E-state index in [-0.39, 0.29) is 16.5 Å². The molecule has 1 aliphatic heterocycles. The number of para-hydroxylation sites is 1. The molecule has 1 N–H and O–H groups in total. The molecule has 0 saturated carbocycles. The molecule has 2 aromatic carbocycles. The number of carbonyl (C=O) groups excluding carboxylic acids is 2. The molecule has 29 heavy (non-hydrogen) atoms. The largest absolute Gasteiger partial charge is 0.457 e. The molecule has 2 heterocycles. The van der Waals surface area contributed by atoms with Crippen LogP contribution in [0.5, 0.6) is 0 Å². The number of hydrogen-bond donors (Lipinski definition) is 1. The minimum absolute atomic E-state index is 0.0198. The van der Waals surface area contributed by atoms with Crippen LogP contribution in [0.15, 0.2) is 70.7 Å². The van der Waals surface area contributed by atoms with Gasteiger partial charge >= 0.3 is 0 Å². The van der Waals surface area contributed by atoms with Crippen molar-refractivity contribution < 1.29 is 18.4 Å². The van der Waals surface area contributed by atoms with Gasteiger partial charge in [-0.2, -0.15) is 0 Å². The van der Waals surface area contributed by atoms with Gasteiger partial charge in [0, 0.05) is 5.56 Å². The van der Waals surface area contributed by atoms with E-state index in [9.17, 15) is 14.0 Å². The first-order valence-electron chi connectivity index (χ1n) is 8.77. The van der Waals surface area contributed by atoms with E-state index in [4.69, 9.17) is 16.6 Å². The van der Waals surface area contributed by atoms with Crippen LogP contribution in [0.2, 0.25) is 0 Å². The molecule has 1 saturated heterocycles. The van der Waals surface area contributed by atoms with Crippen molar-refractivity contribution in [2.24, 2.45) is 0 Å². The zero-order valence-electron chi connectivity index (χ0n) is 15.3. The Morgan fingerprint density at radius 2 is 1.86 bits per heavy atom. The quantitative estimate of drug-likeness (QED) is 0.402. The monoisotopic (exact) mass is 406 g/mol. The number of hydrogen-bond acceptors (Lipinski definition) is 4. The van der Waals surface area contributed by atoms with E-state index in [1.54, 1.807) is 36.4 Å². The van der Waals surface area contributed by atoms with E-state index >= 15 is 0 Å². The second kappa shape index (κ2) is 7.44. The van der Waals surface area contributed by atoms with Crippen molar-refractivity contribution in [3.63, 3.8) is 0 Å². The predicted octanol–water partition coefficient (Wildman–Crippen LogP) is 4.23. The Balaban J connectivity index is 1.70. The van der Waals surface area contributed by atoms with Crippen LogP contribution in [-0.2, 0) is 9.59 Å². The highest BCUT2D eigenvalue weighted by Crippen LogP contribution is 2.27. The molecule has 144 valence electrons. The maximum absolute atomic E-state index is 13.4. The summed E-state index contributed by atoms with van der Waals surface area (Å²) in [5, 5.41) is 2.56. The molecule has 0 spiro atoms. The Bertz CT molecular complexity index is 1180. The Kier molecular flexibility index (Phi) is 4.82. The fraction of sp³-hybridized carbons (Fsp3) is 0.0455. The normalized spacial score (nSPS) is 15.7. The zero-order valence-corrected chi connectivity index (χ0v) is 16.1. The second-order valence-electron chi connectivity index (χ2n) is 6.46. The third kappa shape index (κ3) is 3.60. The number of carbonyl (C=O) groups is 2. The van der Waals surface area contributed by atoms with Gasteiger partial charge < -0.3 is 4.42 Å². The molecule has 1 aromatic heterocycles. The fourth-order valence-electron chi connectivity index (χ4n) is 3.06. The molecule has 0 unspecified atom stereocenters. The molecule has 3 aromatic rings. The average molecular weight is 406 g/mol. The van der Waals surface area contributed by atoms with E-state index in [1.807, 2.05) is 19.1 Å². The molecule has 2 amide bonds. The summed E-state index contributed by atoms with van der Waals surface area (Å²) in [5.41, 5.74) is 1.87. The maximum Gasteiger partial charge on any atom is 0.270 e. The van der Waals surface area contributed by atoms with Gasteiger partial charge in [-0.1, -0.05) is 30.3 Å². The summed E-state index contributed by atoms with van der Waals surface area (Å²) >= 11 is 5.21. The van der Waals surface area contributed by atoms with Crippen LogP contribution in [0.3, 0.4) is 0 Å². The summed E-state index contributed by atoms with van der Waals surface area (Å²) < 4.78 is 19.1. The van der Waals surface area contributed by atoms with Gasteiger partial charge in [-0.3, -0.25) is 19.8 Å².